The average molecular weight is 471 g/mol. The summed E-state index contributed by atoms with van der Waals surface area (Å²) in [6.07, 6.45) is 2.93. The molecule has 29 heavy (non-hydrogen) atoms. The van der Waals surface area contributed by atoms with E-state index in [9.17, 15) is 9.59 Å². The molecule has 0 saturated heterocycles. The number of aromatic nitrogens is 3. The maximum Gasteiger partial charge on any atom is 0.287 e. The highest BCUT2D eigenvalue weighted by atomic mass is 35.5. The van der Waals surface area contributed by atoms with E-state index in [0.29, 0.717) is 17.3 Å². The fourth-order valence-electron chi connectivity index (χ4n) is 2.24. The first-order chi connectivity index (χ1) is 13.9. The molecular formula is C18H14Cl3N5O2S. The Bertz CT molecular complexity index is 1080. The summed E-state index contributed by atoms with van der Waals surface area (Å²) in [6.45, 7) is 0.239. The number of carbonyl (C=O) groups is 1. The van der Waals surface area contributed by atoms with Crippen molar-refractivity contribution in [2.24, 2.45) is 0 Å². The molecule has 2 aromatic heterocycles. The Morgan fingerprint density at radius 1 is 1.14 bits per heavy atom. The maximum absolute atomic E-state index is 12.3. The second-order valence-corrected chi connectivity index (χ2v) is 7.83. The van der Waals surface area contributed by atoms with Crippen LogP contribution in [-0.2, 0) is 17.9 Å². The van der Waals surface area contributed by atoms with E-state index in [4.69, 9.17) is 34.8 Å². The van der Waals surface area contributed by atoms with Gasteiger partial charge in [-0.3, -0.25) is 19.3 Å². The minimum Gasteiger partial charge on any atom is -0.324 e. The second kappa shape index (κ2) is 10.1. The zero-order valence-electron chi connectivity index (χ0n) is 14.7. The third-order valence-electron chi connectivity index (χ3n) is 3.61. The van der Waals surface area contributed by atoms with Gasteiger partial charge in [0, 0.05) is 23.3 Å². The zero-order valence-corrected chi connectivity index (χ0v) is 17.8. The van der Waals surface area contributed by atoms with Gasteiger partial charge in [-0.05, 0) is 42.3 Å². The monoisotopic (exact) mass is 469 g/mol. The fourth-order valence-corrected chi connectivity index (χ4v) is 3.48. The van der Waals surface area contributed by atoms with Crippen LogP contribution in [0.3, 0.4) is 0 Å². The highest BCUT2D eigenvalue weighted by Crippen LogP contribution is 2.28. The molecule has 11 heteroatoms. The summed E-state index contributed by atoms with van der Waals surface area (Å²) in [7, 11) is 0. The summed E-state index contributed by atoms with van der Waals surface area (Å²) in [5, 5.41) is 6.89. The van der Waals surface area contributed by atoms with Crippen molar-refractivity contribution in [3.63, 3.8) is 0 Å². The first-order valence-electron chi connectivity index (χ1n) is 8.24. The predicted octanol–water partition coefficient (Wildman–Crippen LogP) is 4.03. The molecule has 0 unspecified atom stereocenters. The number of carbonyl (C=O) groups excluding carboxylic acids is 1. The summed E-state index contributed by atoms with van der Waals surface area (Å²) >= 11 is 19.1. The van der Waals surface area contributed by atoms with Crippen LogP contribution in [-0.4, -0.2) is 20.7 Å². The molecule has 0 bridgehead atoms. The summed E-state index contributed by atoms with van der Waals surface area (Å²) in [6, 6.07) is 10.7. The van der Waals surface area contributed by atoms with Crippen molar-refractivity contribution in [3.8, 4) is 0 Å². The van der Waals surface area contributed by atoms with Crippen molar-refractivity contribution >= 4 is 58.3 Å². The van der Waals surface area contributed by atoms with Crippen LogP contribution in [0.25, 0.3) is 0 Å². The number of nitrogens with one attached hydrogen (secondary N) is 2. The molecule has 3 aromatic rings. The number of hydrogen-bond acceptors (Lipinski definition) is 6. The van der Waals surface area contributed by atoms with Gasteiger partial charge in [0.05, 0.1) is 21.9 Å². The lowest BCUT2D eigenvalue weighted by Crippen LogP contribution is -2.29. The predicted molar refractivity (Wildman–Crippen MR) is 116 cm³/mol. The topological polar surface area (TPSA) is 88.9 Å². The first kappa shape index (κ1) is 21.6. The Morgan fingerprint density at radius 2 is 1.97 bits per heavy atom. The molecule has 150 valence electrons. The van der Waals surface area contributed by atoms with Crippen LogP contribution in [0.15, 0.2) is 58.5 Å². The van der Waals surface area contributed by atoms with Gasteiger partial charge in [0.1, 0.15) is 11.6 Å². The molecule has 1 amide bonds. The van der Waals surface area contributed by atoms with Crippen molar-refractivity contribution in [1.82, 2.24) is 19.5 Å². The van der Waals surface area contributed by atoms with Gasteiger partial charge in [0.2, 0.25) is 5.91 Å². The van der Waals surface area contributed by atoms with Crippen molar-refractivity contribution in [3.05, 3.63) is 79.9 Å². The maximum atomic E-state index is 12.3. The standard InChI is InChI=1S/C18H14Cl3N5O2S/c19-13-5-4-11(7-15(13)29-24-8-12-3-1-2-6-22-12)25-16(27)10-26-18(28)17(21)14(20)9-23-26/h1-7,9,24H,8,10H2,(H,25,27). The van der Waals surface area contributed by atoms with Crippen molar-refractivity contribution < 1.29 is 4.79 Å². The number of rotatable bonds is 7. The molecule has 1 aromatic carbocycles. The number of benzene rings is 1. The van der Waals surface area contributed by atoms with Gasteiger partial charge >= 0.3 is 0 Å². The third kappa shape index (κ3) is 5.94. The number of pyridine rings is 1. The van der Waals surface area contributed by atoms with E-state index >= 15 is 0 Å². The van der Waals surface area contributed by atoms with Crippen LogP contribution in [0, 0.1) is 0 Å². The SMILES string of the molecule is O=C(Cn1ncc(Cl)c(Cl)c1=O)Nc1ccc(Cl)c(SNCc2ccccn2)c1. The largest absolute Gasteiger partial charge is 0.324 e. The lowest BCUT2D eigenvalue weighted by atomic mass is 10.3. The van der Waals surface area contributed by atoms with Crippen LogP contribution in [0.2, 0.25) is 15.1 Å². The molecule has 0 spiro atoms. The number of anilines is 1. The lowest BCUT2D eigenvalue weighted by molar-refractivity contribution is -0.117. The third-order valence-corrected chi connectivity index (χ3v) is 5.65. The molecule has 7 nitrogen and oxygen atoms in total. The zero-order chi connectivity index (χ0) is 20.8. The Labute approximate surface area is 185 Å². The smallest absolute Gasteiger partial charge is 0.287 e. The minimum atomic E-state index is -0.639. The quantitative estimate of drug-likeness (QED) is 0.507. The highest BCUT2D eigenvalue weighted by Gasteiger charge is 2.12. The molecule has 0 fully saturated rings. The minimum absolute atomic E-state index is 0.0332. The Hall–Kier alpha value is -2.10. The van der Waals surface area contributed by atoms with Crippen LogP contribution < -0.4 is 15.6 Å². The average Bonchev–Trinajstić information content (AvgIpc) is 2.71. The van der Waals surface area contributed by atoms with Gasteiger partial charge in [-0.2, -0.15) is 5.10 Å². The normalized spacial score (nSPS) is 10.7. The van der Waals surface area contributed by atoms with Gasteiger partial charge in [-0.15, -0.1) is 0 Å². The van der Waals surface area contributed by atoms with Gasteiger partial charge in [-0.25, -0.2) is 4.68 Å². The molecule has 0 aliphatic heterocycles. The van der Waals surface area contributed by atoms with Crippen LogP contribution >= 0.6 is 46.8 Å². The molecule has 0 aliphatic rings. The van der Waals surface area contributed by atoms with Crippen LogP contribution in [0.1, 0.15) is 5.69 Å². The van der Waals surface area contributed by atoms with Crippen molar-refractivity contribution in [2.45, 2.75) is 18.0 Å². The number of halogens is 3. The molecular weight excluding hydrogens is 457 g/mol. The molecule has 0 saturated carbocycles. The molecule has 0 aliphatic carbocycles. The molecule has 3 rings (SSSR count). The van der Waals surface area contributed by atoms with E-state index in [-0.39, 0.29) is 16.6 Å². The molecule has 2 heterocycles. The molecule has 0 atom stereocenters. The summed E-state index contributed by atoms with van der Waals surface area (Å²) in [5.41, 5.74) is 0.773. The van der Waals surface area contributed by atoms with Crippen LogP contribution in [0.4, 0.5) is 5.69 Å². The fraction of sp³-hybridized carbons (Fsp3) is 0.111. The number of hydrogen-bond donors (Lipinski definition) is 2. The van der Waals surface area contributed by atoms with E-state index in [1.54, 1.807) is 24.4 Å². The van der Waals surface area contributed by atoms with Gasteiger partial charge in [0.25, 0.3) is 5.56 Å². The number of amides is 1. The van der Waals surface area contributed by atoms with Gasteiger partial charge in [-0.1, -0.05) is 40.9 Å². The second-order valence-electron chi connectivity index (χ2n) is 5.71. The van der Waals surface area contributed by atoms with E-state index in [1.807, 2.05) is 18.2 Å². The van der Waals surface area contributed by atoms with Crippen molar-refractivity contribution in [1.29, 1.82) is 0 Å². The summed E-state index contributed by atoms with van der Waals surface area (Å²) in [4.78, 5) is 29.2. The number of nitrogens with zero attached hydrogens (tertiary/aromatic N) is 3. The lowest BCUT2D eigenvalue weighted by Gasteiger charge is -2.10. The van der Waals surface area contributed by atoms with Gasteiger partial charge in [0.15, 0.2) is 0 Å². The van der Waals surface area contributed by atoms with Crippen molar-refractivity contribution in [2.75, 3.05) is 5.32 Å². The van der Waals surface area contributed by atoms with E-state index < -0.39 is 11.5 Å². The first-order valence-corrected chi connectivity index (χ1v) is 10.2. The van der Waals surface area contributed by atoms with Gasteiger partial charge < -0.3 is 5.32 Å². The Balaban J connectivity index is 1.62. The summed E-state index contributed by atoms with van der Waals surface area (Å²) in [5.74, 6) is -0.447. The van der Waals surface area contributed by atoms with E-state index in [1.165, 1.54) is 18.1 Å². The molecule has 2 N–H and O–H groups in total. The Morgan fingerprint density at radius 3 is 2.72 bits per heavy atom. The van der Waals surface area contributed by atoms with E-state index in [2.05, 4.69) is 20.1 Å². The summed E-state index contributed by atoms with van der Waals surface area (Å²) < 4.78 is 4.11. The molecule has 0 radical (unpaired) electrons. The van der Waals surface area contributed by atoms with E-state index in [0.717, 1.165) is 15.3 Å². The highest BCUT2D eigenvalue weighted by molar-refractivity contribution is 7.97. The Kier molecular flexibility index (Phi) is 7.51. The van der Waals surface area contributed by atoms with Crippen LogP contribution in [0.5, 0.6) is 0 Å².